The van der Waals surface area contributed by atoms with Crippen LogP contribution in [0.1, 0.15) is 53.1 Å². The van der Waals surface area contributed by atoms with Crippen molar-refractivity contribution in [3.8, 4) is 11.3 Å². The second-order valence-corrected chi connectivity index (χ2v) is 8.43. The van der Waals surface area contributed by atoms with Gasteiger partial charge in [-0.2, -0.15) is 5.10 Å². The molecule has 176 valence electrons. The number of nitrogens with one attached hydrogen (secondary N) is 1. The van der Waals surface area contributed by atoms with E-state index in [-0.39, 0.29) is 30.0 Å². The van der Waals surface area contributed by atoms with Gasteiger partial charge < -0.3 is 23.6 Å². The SMILES string of the molecule is C[C@@H]1Cc2oc(C(=O)NCc3ncco3)c(C(C)(F)F)c2-c2nn(C[C@H]3COCCO3)cc21. The van der Waals surface area contributed by atoms with Gasteiger partial charge >= 0.3 is 0 Å². The molecule has 1 amide bonds. The van der Waals surface area contributed by atoms with E-state index in [0.29, 0.717) is 44.2 Å². The Labute approximate surface area is 188 Å². The van der Waals surface area contributed by atoms with Crippen LogP contribution < -0.4 is 5.32 Å². The lowest BCUT2D eigenvalue weighted by Crippen LogP contribution is -2.32. The smallest absolute Gasteiger partial charge is 0.287 e. The Bertz CT molecular complexity index is 1140. The number of halogens is 2. The van der Waals surface area contributed by atoms with Crippen molar-refractivity contribution in [1.82, 2.24) is 20.1 Å². The van der Waals surface area contributed by atoms with Crippen molar-refractivity contribution in [3.63, 3.8) is 0 Å². The lowest BCUT2D eigenvalue weighted by atomic mass is 9.85. The number of oxazole rings is 1. The van der Waals surface area contributed by atoms with Gasteiger partial charge in [-0.05, 0) is 5.92 Å². The summed E-state index contributed by atoms with van der Waals surface area (Å²) >= 11 is 0. The molecule has 33 heavy (non-hydrogen) atoms. The van der Waals surface area contributed by atoms with Crippen molar-refractivity contribution < 1.29 is 31.9 Å². The molecule has 11 heteroatoms. The molecule has 2 aliphatic rings. The van der Waals surface area contributed by atoms with Crippen LogP contribution in [0.5, 0.6) is 0 Å². The van der Waals surface area contributed by atoms with Gasteiger partial charge in [0.25, 0.3) is 11.8 Å². The third-order valence-corrected chi connectivity index (χ3v) is 5.83. The molecule has 1 aliphatic heterocycles. The number of fused-ring (bicyclic) bond motifs is 3. The van der Waals surface area contributed by atoms with Gasteiger partial charge in [-0.3, -0.25) is 9.48 Å². The number of hydrogen-bond donors (Lipinski definition) is 1. The van der Waals surface area contributed by atoms with Crippen LogP contribution in [0.4, 0.5) is 8.78 Å². The van der Waals surface area contributed by atoms with Crippen LogP contribution in [0.15, 0.2) is 27.5 Å². The van der Waals surface area contributed by atoms with Gasteiger partial charge in [0.2, 0.25) is 11.7 Å². The van der Waals surface area contributed by atoms with E-state index >= 15 is 0 Å². The van der Waals surface area contributed by atoms with E-state index in [1.165, 1.54) is 12.5 Å². The van der Waals surface area contributed by atoms with Crippen LogP contribution in [-0.4, -0.2) is 46.6 Å². The average Bonchev–Trinajstić information content (AvgIpc) is 3.50. The fourth-order valence-electron chi connectivity index (χ4n) is 4.35. The Hall–Kier alpha value is -3.05. The molecule has 0 bridgehead atoms. The molecule has 3 aromatic rings. The highest BCUT2D eigenvalue weighted by atomic mass is 19.3. The first-order valence-corrected chi connectivity index (χ1v) is 10.8. The molecule has 1 saturated heterocycles. The fraction of sp³-hybridized carbons (Fsp3) is 0.500. The van der Waals surface area contributed by atoms with E-state index in [1.54, 1.807) is 4.68 Å². The first-order valence-electron chi connectivity index (χ1n) is 10.8. The Morgan fingerprint density at radius 3 is 2.91 bits per heavy atom. The number of hydrogen-bond acceptors (Lipinski definition) is 7. The van der Waals surface area contributed by atoms with Crippen LogP contribution in [0.25, 0.3) is 11.3 Å². The number of amides is 1. The van der Waals surface area contributed by atoms with Gasteiger partial charge in [0.05, 0.1) is 55.9 Å². The van der Waals surface area contributed by atoms with Crippen molar-refractivity contribution in [2.75, 3.05) is 19.8 Å². The monoisotopic (exact) mass is 462 g/mol. The third kappa shape index (κ3) is 4.18. The lowest BCUT2D eigenvalue weighted by Gasteiger charge is -2.22. The summed E-state index contributed by atoms with van der Waals surface area (Å²) in [7, 11) is 0. The van der Waals surface area contributed by atoms with Crippen molar-refractivity contribution in [1.29, 1.82) is 0 Å². The fourth-order valence-corrected chi connectivity index (χ4v) is 4.35. The van der Waals surface area contributed by atoms with Crippen LogP contribution in [-0.2, 0) is 34.9 Å². The van der Waals surface area contributed by atoms with E-state index in [0.717, 1.165) is 12.5 Å². The number of furan rings is 1. The highest BCUT2D eigenvalue weighted by Crippen LogP contribution is 2.48. The molecule has 2 atom stereocenters. The molecular weight excluding hydrogens is 438 g/mol. The number of alkyl halides is 2. The minimum atomic E-state index is -3.32. The molecule has 3 aromatic heterocycles. The van der Waals surface area contributed by atoms with Crippen LogP contribution in [0.3, 0.4) is 0 Å². The zero-order valence-corrected chi connectivity index (χ0v) is 18.3. The average molecular weight is 462 g/mol. The first-order chi connectivity index (χ1) is 15.8. The number of aromatic nitrogens is 3. The molecule has 0 spiro atoms. The summed E-state index contributed by atoms with van der Waals surface area (Å²) in [6, 6.07) is 0. The highest BCUT2D eigenvalue weighted by molar-refractivity contribution is 5.96. The van der Waals surface area contributed by atoms with E-state index in [1.807, 2.05) is 13.1 Å². The van der Waals surface area contributed by atoms with E-state index < -0.39 is 23.2 Å². The van der Waals surface area contributed by atoms with Crippen molar-refractivity contribution in [2.45, 2.75) is 51.3 Å². The maximum Gasteiger partial charge on any atom is 0.287 e. The Morgan fingerprint density at radius 2 is 2.21 bits per heavy atom. The molecular formula is C22H24F2N4O5. The van der Waals surface area contributed by atoms with Gasteiger partial charge in [0.1, 0.15) is 18.1 Å². The second-order valence-electron chi connectivity index (χ2n) is 8.43. The molecule has 0 aromatic carbocycles. The van der Waals surface area contributed by atoms with Gasteiger partial charge in [0, 0.05) is 25.1 Å². The van der Waals surface area contributed by atoms with E-state index in [4.69, 9.17) is 18.3 Å². The van der Waals surface area contributed by atoms with Crippen molar-refractivity contribution in [2.24, 2.45) is 0 Å². The van der Waals surface area contributed by atoms with E-state index in [2.05, 4.69) is 15.4 Å². The summed E-state index contributed by atoms with van der Waals surface area (Å²) in [6.07, 6.45) is 4.87. The molecule has 4 heterocycles. The molecule has 0 radical (unpaired) electrons. The molecule has 1 fully saturated rings. The number of carbonyl (C=O) groups is 1. The quantitative estimate of drug-likeness (QED) is 0.600. The summed E-state index contributed by atoms with van der Waals surface area (Å²) in [5.74, 6) is -3.94. The van der Waals surface area contributed by atoms with E-state index in [9.17, 15) is 13.6 Å². The normalized spacial score (nSPS) is 20.4. The van der Waals surface area contributed by atoms with Crippen molar-refractivity contribution in [3.05, 3.63) is 47.2 Å². The largest absolute Gasteiger partial charge is 0.455 e. The predicted molar refractivity (Wildman–Crippen MR) is 110 cm³/mol. The molecule has 9 nitrogen and oxygen atoms in total. The molecule has 1 aliphatic carbocycles. The maximum absolute atomic E-state index is 14.8. The zero-order chi connectivity index (χ0) is 23.2. The highest BCUT2D eigenvalue weighted by Gasteiger charge is 2.43. The Balaban J connectivity index is 1.50. The molecule has 0 unspecified atom stereocenters. The zero-order valence-electron chi connectivity index (χ0n) is 18.3. The Kier molecular flexibility index (Phi) is 5.53. The molecule has 1 N–H and O–H groups in total. The minimum absolute atomic E-state index is 0.0162. The summed E-state index contributed by atoms with van der Waals surface area (Å²) in [5.41, 5.74) is 0.972. The summed E-state index contributed by atoms with van der Waals surface area (Å²) in [5, 5.41) is 7.14. The topological polar surface area (TPSA) is 105 Å². The lowest BCUT2D eigenvalue weighted by molar-refractivity contribution is -0.0946. The van der Waals surface area contributed by atoms with Crippen LogP contribution >= 0.6 is 0 Å². The number of rotatable bonds is 6. The third-order valence-electron chi connectivity index (χ3n) is 5.83. The van der Waals surface area contributed by atoms with Gasteiger partial charge in [-0.15, -0.1) is 0 Å². The summed E-state index contributed by atoms with van der Waals surface area (Å²) < 4.78 is 53.3. The van der Waals surface area contributed by atoms with Gasteiger partial charge in [0.15, 0.2) is 0 Å². The summed E-state index contributed by atoms with van der Waals surface area (Å²) in [4.78, 5) is 16.7. The minimum Gasteiger partial charge on any atom is -0.455 e. The molecule has 5 rings (SSSR count). The maximum atomic E-state index is 14.8. The summed E-state index contributed by atoms with van der Waals surface area (Å²) in [6.45, 7) is 4.63. The Morgan fingerprint density at radius 1 is 1.36 bits per heavy atom. The first kappa shape index (κ1) is 21.8. The standard InChI is InChI=1S/C22H24F2N4O5/c1-12-7-15-17(19-14(12)10-28(27-19)9-13-11-30-5-6-31-13)18(22(2,23)24)20(33-15)21(29)26-8-16-25-3-4-32-16/h3-4,10,12-13H,5-9,11H2,1-2H3,(H,26,29)/t12-,13+/m1/s1. The van der Waals surface area contributed by atoms with Crippen LogP contribution in [0.2, 0.25) is 0 Å². The number of nitrogens with zero attached hydrogens (tertiary/aromatic N) is 3. The number of ether oxygens (including phenoxy) is 2. The second kappa shape index (κ2) is 8.38. The number of carbonyl (C=O) groups excluding carboxylic acids is 1. The molecule has 0 saturated carbocycles. The van der Waals surface area contributed by atoms with Crippen molar-refractivity contribution >= 4 is 5.91 Å². The predicted octanol–water partition coefficient (Wildman–Crippen LogP) is 3.25. The van der Waals surface area contributed by atoms with Gasteiger partial charge in [-0.1, -0.05) is 6.92 Å². The van der Waals surface area contributed by atoms with Crippen LogP contribution in [0, 0.1) is 0 Å². The van der Waals surface area contributed by atoms with Gasteiger partial charge in [-0.25, -0.2) is 13.8 Å².